The summed E-state index contributed by atoms with van der Waals surface area (Å²) in [5, 5.41) is 1.49. The van der Waals surface area contributed by atoms with Crippen molar-refractivity contribution in [2.45, 2.75) is 29.0 Å². The van der Waals surface area contributed by atoms with Crippen molar-refractivity contribution >= 4 is 45.1 Å². The molecule has 0 spiro atoms. The zero-order valence-corrected chi connectivity index (χ0v) is 16.7. The number of hydrazine groups is 1. The molecule has 2 aromatic carbocycles. The maximum atomic E-state index is 13.3. The molecule has 28 heavy (non-hydrogen) atoms. The fraction of sp³-hybridized carbons (Fsp3) is 0.368. The lowest BCUT2D eigenvalue weighted by Crippen LogP contribution is -2.53. The molecule has 0 aliphatic carbocycles. The largest absolute Gasteiger partial charge is 0.297 e. The van der Waals surface area contributed by atoms with Gasteiger partial charge in [0.2, 0.25) is 15.9 Å². The van der Waals surface area contributed by atoms with E-state index in [-0.39, 0.29) is 22.5 Å². The monoisotopic (exact) mass is 419 g/mol. The number of hydrogen-bond acceptors (Lipinski definition) is 6. The lowest BCUT2D eigenvalue weighted by Gasteiger charge is -2.28. The van der Waals surface area contributed by atoms with Gasteiger partial charge >= 0.3 is 0 Å². The highest BCUT2D eigenvalue weighted by atomic mass is 32.2. The summed E-state index contributed by atoms with van der Waals surface area (Å²) in [4.78, 5) is 25.2. The maximum Gasteiger partial charge on any atom is 0.244 e. The van der Waals surface area contributed by atoms with Gasteiger partial charge in [-0.15, -0.1) is 0 Å². The van der Waals surface area contributed by atoms with Crippen molar-refractivity contribution in [2.24, 2.45) is 5.92 Å². The SMILES string of the molecule is O=C1NNCCC1C(=O)C1CC(S)CN1S(=O)(=O)c1ccc2ccccc2c1. The van der Waals surface area contributed by atoms with Crippen LogP contribution in [-0.2, 0) is 19.6 Å². The van der Waals surface area contributed by atoms with Gasteiger partial charge in [-0.2, -0.15) is 16.9 Å². The van der Waals surface area contributed by atoms with E-state index in [0.29, 0.717) is 19.4 Å². The van der Waals surface area contributed by atoms with E-state index < -0.39 is 27.9 Å². The van der Waals surface area contributed by atoms with Crippen LogP contribution in [0.5, 0.6) is 0 Å². The normalized spacial score (nSPS) is 26.3. The summed E-state index contributed by atoms with van der Waals surface area (Å²) in [6.45, 7) is 0.609. The van der Waals surface area contributed by atoms with E-state index in [1.165, 1.54) is 4.31 Å². The number of hydrogen-bond donors (Lipinski definition) is 3. The zero-order chi connectivity index (χ0) is 19.9. The van der Waals surface area contributed by atoms with Gasteiger partial charge in [-0.3, -0.25) is 15.0 Å². The van der Waals surface area contributed by atoms with E-state index in [0.717, 1.165) is 10.8 Å². The minimum Gasteiger partial charge on any atom is -0.297 e. The molecule has 148 valence electrons. The molecule has 9 heteroatoms. The van der Waals surface area contributed by atoms with Gasteiger partial charge in [0, 0.05) is 18.3 Å². The fourth-order valence-corrected chi connectivity index (χ4v) is 6.03. The Labute approximate surface area is 168 Å². The van der Waals surface area contributed by atoms with Crippen molar-refractivity contribution in [1.29, 1.82) is 0 Å². The first-order valence-corrected chi connectivity index (χ1v) is 11.1. The molecule has 7 nitrogen and oxygen atoms in total. The predicted octanol–water partition coefficient (Wildman–Crippen LogP) is 1.11. The number of nitrogens with one attached hydrogen (secondary N) is 2. The third kappa shape index (κ3) is 3.43. The van der Waals surface area contributed by atoms with Crippen LogP contribution in [0.25, 0.3) is 10.8 Å². The molecule has 3 unspecified atom stereocenters. The number of nitrogens with zero attached hydrogens (tertiary/aromatic N) is 1. The van der Waals surface area contributed by atoms with Crippen molar-refractivity contribution in [3.8, 4) is 0 Å². The van der Waals surface area contributed by atoms with Gasteiger partial charge in [0.05, 0.1) is 10.9 Å². The number of ketones is 1. The molecule has 2 aromatic rings. The Morgan fingerprint density at radius 1 is 1.14 bits per heavy atom. The summed E-state index contributed by atoms with van der Waals surface area (Å²) in [6.07, 6.45) is 0.647. The van der Waals surface area contributed by atoms with E-state index in [2.05, 4.69) is 23.5 Å². The second-order valence-corrected chi connectivity index (χ2v) is 9.77. The van der Waals surface area contributed by atoms with Crippen molar-refractivity contribution in [1.82, 2.24) is 15.2 Å². The van der Waals surface area contributed by atoms with Gasteiger partial charge in [-0.1, -0.05) is 30.3 Å². The Hall–Kier alpha value is -1.94. The Kier molecular flexibility index (Phi) is 5.17. The van der Waals surface area contributed by atoms with Crippen LogP contribution in [0.1, 0.15) is 12.8 Å². The third-order valence-corrected chi connectivity index (χ3v) is 7.56. The number of sulfonamides is 1. The Morgan fingerprint density at radius 2 is 1.89 bits per heavy atom. The molecule has 2 N–H and O–H groups in total. The highest BCUT2D eigenvalue weighted by Crippen LogP contribution is 2.32. The highest BCUT2D eigenvalue weighted by Gasteiger charge is 2.46. The maximum absolute atomic E-state index is 13.3. The minimum atomic E-state index is -3.90. The molecule has 0 aromatic heterocycles. The number of carbonyl (C=O) groups excluding carboxylic acids is 2. The topological polar surface area (TPSA) is 95.6 Å². The van der Waals surface area contributed by atoms with Crippen molar-refractivity contribution in [3.05, 3.63) is 42.5 Å². The van der Waals surface area contributed by atoms with Crippen molar-refractivity contribution < 1.29 is 18.0 Å². The molecular weight excluding hydrogens is 398 g/mol. The van der Waals surface area contributed by atoms with Gasteiger partial charge in [0.1, 0.15) is 5.92 Å². The Balaban J connectivity index is 1.68. The van der Waals surface area contributed by atoms with E-state index in [4.69, 9.17) is 0 Å². The molecule has 3 atom stereocenters. The van der Waals surface area contributed by atoms with E-state index in [1.54, 1.807) is 18.2 Å². The molecule has 4 rings (SSSR count). The molecule has 2 fully saturated rings. The first kappa shape index (κ1) is 19.4. The van der Waals surface area contributed by atoms with Gasteiger partial charge in [0.15, 0.2) is 5.78 Å². The molecule has 2 aliphatic rings. The lowest BCUT2D eigenvalue weighted by atomic mass is 9.92. The van der Waals surface area contributed by atoms with Crippen LogP contribution in [-0.4, -0.2) is 48.8 Å². The Morgan fingerprint density at radius 3 is 2.64 bits per heavy atom. The van der Waals surface area contributed by atoms with Gasteiger partial charge < -0.3 is 0 Å². The van der Waals surface area contributed by atoms with Crippen molar-refractivity contribution in [2.75, 3.05) is 13.1 Å². The summed E-state index contributed by atoms with van der Waals surface area (Å²) in [7, 11) is -3.90. The highest BCUT2D eigenvalue weighted by molar-refractivity contribution is 7.89. The third-order valence-electron chi connectivity index (χ3n) is 5.32. The predicted molar refractivity (Wildman–Crippen MR) is 108 cm³/mol. The van der Waals surface area contributed by atoms with E-state index in [9.17, 15) is 18.0 Å². The van der Waals surface area contributed by atoms with Gasteiger partial charge in [0.25, 0.3) is 0 Å². The van der Waals surface area contributed by atoms with Crippen LogP contribution in [0.15, 0.2) is 47.4 Å². The van der Waals surface area contributed by atoms with Crippen LogP contribution >= 0.6 is 12.6 Å². The van der Waals surface area contributed by atoms with Crippen LogP contribution in [0.4, 0.5) is 0 Å². The Bertz CT molecular complexity index is 1040. The lowest BCUT2D eigenvalue weighted by molar-refractivity contribution is -0.138. The standard InChI is InChI=1S/C19H21N3O4S2/c23-18(16-7-8-20-21-19(16)24)17-10-14(27)11-22(17)28(25,26)15-6-5-12-3-1-2-4-13(12)9-15/h1-6,9,14,16-17,20,27H,7-8,10-11H2,(H,21,24). The molecule has 1 amide bonds. The minimum absolute atomic E-state index is 0.140. The number of amides is 1. The second kappa shape index (κ2) is 7.47. The smallest absolute Gasteiger partial charge is 0.244 e. The summed E-state index contributed by atoms with van der Waals surface area (Å²) >= 11 is 4.42. The molecule has 0 bridgehead atoms. The quantitative estimate of drug-likeness (QED) is 0.510. The molecule has 0 radical (unpaired) electrons. The summed E-state index contributed by atoms with van der Waals surface area (Å²) in [5.74, 6) is -1.62. The molecule has 0 saturated carbocycles. The molecule has 2 aliphatic heterocycles. The number of benzene rings is 2. The fourth-order valence-electron chi connectivity index (χ4n) is 3.86. The van der Waals surface area contributed by atoms with Crippen molar-refractivity contribution in [3.63, 3.8) is 0 Å². The number of rotatable bonds is 4. The summed E-state index contributed by atoms with van der Waals surface area (Å²) in [5.41, 5.74) is 5.16. The average molecular weight is 420 g/mol. The summed E-state index contributed by atoms with van der Waals surface area (Å²) < 4.78 is 27.9. The molecule has 2 heterocycles. The van der Waals surface area contributed by atoms with E-state index >= 15 is 0 Å². The number of fused-ring (bicyclic) bond motifs is 1. The van der Waals surface area contributed by atoms with Crippen LogP contribution in [0, 0.1) is 5.92 Å². The molecule has 2 saturated heterocycles. The first-order valence-electron chi connectivity index (χ1n) is 9.13. The van der Waals surface area contributed by atoms with Gasteiger partial charge in [-0.05, 0) is 35.7 Å². The van der Waals surface area contributed by atoms with Gasteiger partial charge in [-0.25, -0.2) is 13.8 Å². The first-order chi connectivity index (χ1) is 13.4. The second-order valence-electron chi connectivity index (χ2n) is 7.15. The zero-order valence-electron chi connectivity index (χ0n) is 15.0. The van der Waals surface area contributed by atoms with Crippen LogP contribution in [0.3, 0.4) is 0 Å². The van der Waals surface area contributed by atoms with E-state index in [1.807, 2.05) is 24.3 Å². The summed E-state index contributed by atoms with van der Waals surface area (Å²) in [6, 6.07) is 11.6. The number of Topliss-reactive ketones (excluding diaryl/α,β-unsaturated/α-hetero) is 1. The number of carbonyl (C=O) groups is 2. The number of thiol groups is 1. The average Bonchev–Trinajstić information content (AvgIpc) is 3.10. The molecular formula is C19H21N3O4S2. The van der Waals surface area contributed by atoms with Crippen LogP contribution in [0.2, 0.25) is 0 Å². The van der Waals surface area contributed by atoms with Crippen LogP contribution < -0.4 is 10.9 Å².